The van der Waals surface area contributed by atoms with Crippen LogP contribution in [0.15, 0.2) is 22.7 Å². The Bertz CT molecular complexity index is 597. The molecule has 1 aliphatic rings. The van der Waals surface area contributed by atoms with Crippen molar-refractivity contribution in [1.82, 2.24) is 10.3 Å². The highest BCUT2D eigenvalue weighted by Crippen LogP contribution is 2.40. The fourth-order valence-corrected chi connectivity index (χ4v) is 3.77. The minimum atomic E-state index is 0.738. The van der Waals surface area contributed by atoms with Crippen molar-refractivity contribution in [2.45, 2.75) is 13.0 Å². The van der Waals surface area contributed by atoms with Crippen molar-refractivity contribution in [3.8, 4) is 11.3 Å². The van der Waals surface area contributed by atoms with E-state index in [4.69, 9.17) is 9.72 Å². The van der Waals surface area contributed by atoms with Crippen LogP contribution < -0.4 is 5.32 Å². The van der Waals surface area contributed by atoms with E-state index < -0.39 is 0 Å². The summed E-state index contributed by atoms with van der Waals surface area (Å²) >= 11 is 5.34. The van der Waals surface area contributed by atoms with E-state index in [2.05, 4.69) is 39.4 Å². The molecule has 100 valence electrons. The Morgan fingerprint density at radius 2 is 2.37 bits per heavy atom. The van der Waals surface area contributed by atoms with Crippen LogP contribution in [-0.4, -0.2) is 25.2 Å². The molecule has 1 N–H and O–H groups in total. The summed E-state index contributed by atoms with van der Waals surface area (Å²) in [5, 5.41) is 4.50. The summed E-state index contributed by atoms with van der Waals surface area (Å²) in [6, 6.07) is 6.44. The van der Waals surface area contributed by atoms with E-state index >= 15 is 0 Å². The van der Waals surface area contributed by atoms with Gasteiger partial charge in [-0.2, -0.15) is 0 Å². The molecule has 1 aliphatic carbocycles. The molecule has 0 fully saturated rings. The van der Waals surface area contributed by atoms with Crippen LogP contribution in [0.5, 0.6) is 0 Å². The second kappa shape index (κ2) is 5.71. The molecule has 3 nitrogen and oxygen atoms in total. The van der Waals surface area contributed by atoms with Gasteiger partial charge in [-0.05, 0) is 17.7 Å². The number of nitrogens with one attached hydrogen (secondary N) is 1. The third-order valence-electron chi connectivity index (χ3n) is 3.17. The third-order valence-corrected chi connectivity index (χ3v) is 4.72. The zero-order valence-electron chi connectivity index (χ0n) is 10.7. The van der Waals surface area contributed by atoms with Gasteiger partial charge in [0.25, 0.3) is 0 Å². The monoisotopic (exact) mass is 338 g/mol. The Balaban J connectivity index is 1.74. The Morgan fingerprint density at radius 3 is 3.21 bits per heavy atom. The number of nitrogens with zero attached hydrogens (tertiary/aromatic N) is 1. The van der Waals surface area contributed by atoms with Crippen LogP contribution in [0.4, 0.5) is 0 Å². The third kappa shape index (κ3) is 2.74. The second-order valence-corrected chi connectivity index (χ2v) is 6.61. The average molecular weight is 339 g/mol. The number of rotatable bonds is 5. The van der Waals surface area contributed by atoms with Gasteiger partial charge in [-0.3, -0.25) is 0 Å². The summed E-state index contributed by atoms with van der Waals surface area (Å²) in [6.45, 7) is 2.43. The van der Waals surface area contributed by atoms with Crippen LogP contribution in [0.2, 0.25) is 0 Å². The molecule has 1 heterocycles. The Hall–Kier alpha value is -0.750. The molecule has 0 amide bonds. The van der Waals surface area contributed by atoms with Crippen molar-refractivity contribution in [1.29, 1.82) is 0 Å². The molecule has 0 saturated carbocycles. The number of benzene rings is 1. The molecular formula is C14H15BrN2OS. The molecular weight excluding hydrogens is 324 g/mol. The van der Waals surface area contributed by atoms with E-state index in [0.717, 1.165) is 35.6 Å². The van der Waals surface area contributed by atoms with Gasteiger partial charge >= 0.3 is 0 Å². The lowest BCUT2D eigenvalue weighted by Gasteiger charge is -2.02. The number of thiazole rings is 1. The minimum absolute atomic E-state index is 0.738. The van der Waals surface area contributed by atoms with Gasteiger partial charge in [0.15, 0.2) is 0 Å². The smallest absolute Gasteiger partial charge is 0.107 e. The maximum atomic E-state index is 5.01. The molecule has 0 bridgehead atoms. The van der Waals surface area contributed by atoms with Crippen molar-refractivity contribution in [2.75, 3.05) is 20.3 Å². The van der Waals surface area contributed by atoms with Gasteiger partial charge in [0, 0.05) is 41.5 Å². The first kappa shape index (κ1) is 13.2. The van der Waals surface area contributed by atoms with Gasteiger partial charge in [0.1, 0.15) is 5.01 Å². The van der Waals surface area contributed by atoms with Gasteiger partial charge in [-0.25, -0.2) is 4.98 Å². The van der Waals surface area contributed by atoms with E-state index in [-0.39, 0.29) is 0 Å². The molecule has 5 heteroatoms. The second-order valence-electron chi connectivity index (χ2n) is 4.53. The first-order valence-corrected chi connectivity index (χ1v) is 7.86. The van der Waals surface area contributed by atoms with Crippen LogP contribution in [-0.2, 0) is 17.7 Å². The number of ether oxygens (including phenoxy) is 1. The minimum Gasteiger partial charge on any atom is -0.383 e. The molecule has 0 unspecified atom stereocenters. The summed E-state index contributed by atoms with van der Waals surface area (Å²) in [5.74, 6) is 0. The van der Waals surface area contributed by atoms with E-state index in [9.17, 15) is 0 Å². The topological polar surface area (TPSA) is 34.1 Å². The van der Waals surface area contributed by atoms with Crippen molar-refractivity contribution >= 4 is 27.3 Å². The summed E-state index contributed by atoms with van der Waals surface area (Å²) in [6.07, 6.45) is 1.01. The first-order valence-electron chi connectivity index (χ1n) is 6.25. The summed E-state index contributed by atoms with van der Waals surface area (Å²) in [7, 11) is 1.72. The Morgan fingerprint density at radius 1 is 1.47 bits per heavy atom. The molecule has 0 aliphatic heterocycles. The lowest BCUT2D eigenvalue weighted by Crippen LogP contribution is -2.18. The summed E-state index contributed by atoms with van der Waals surface area (Å²) < 4.78 is 6.16. The Labute approximate surface area is 125 Å². The summed E-state index contributed by atoms with van der Waals surface area (Å²) in [4.78, 5) is 6.15. The van der Waals surface area contributed by atoms with Gasteiger partial charge < -0.3 is 10.1 Å². The van der Waals surface area contributed by atoms with Crippen LogP contribution in [0, 0.1) is 0 Å². The molecule has 0 radical (unpaired) electrons. The zero-order valence-corrected chi connectivity index (χ0v) is 13.1. The number of aromatic nitrogens is 1. The van der Waals surface area contributed by atoms with E-state index in [1.54, 1.807) is 7.11 Å². The van der Waals surface area contributed by atoms with Crippen LogP contribution in [0.1, 0.15) is 15.4 Å². The molecule has 0 saturated heterocycles. The van der Waals surface area contributed by atoms with Gasteiger partial charge in [-0.15, -0.1) is 11.3 Å². The van der Waals surface area contributed by atoms with Crippen LogP contribution >= 0.6 is 27.3 Å². The molecule has 0 atom stereocenters. The molecule has 2 aromatic rings. The number of halogens is 1. The highest BCUT2D eigenvalue weighted by molar-refractivity contribution is 9.10. The quantitative estimate of drug-likeness (QED) is 0.725. The maximum Gasteiger partial charge on any atom is 0.107 e. The number of fused-ring (bicyclic) bond motifs is 3. The van der Waals surface area contributed by atoms with E-state index in [0.29, 0.717) is 0 Å². The van der Waals surface area contributed by atoms with Crippen LogP contribution in [0.25, 0.3) is 11.3 Å². The summed E-state index contributed by atoms with van der Waals surface area (Å²) in [5.41, 5.74) is 3.84. The predicted octanol–water partition coefficient (Wildman–Crippen LogP) is 3.21. The standard InChI is InChI=1S/C14H15BrN2OS/c1-18-5-4-16-8-13-17-14-11-3-2-10(15)6-9(11)7-12(14)19-13/h2-3,6,16H,4-5,7-8H2,1H3. The van der Waals surface area contributed by atoms with Crippen molar-refractivity contribution in [3.05, 3.63) is 38.1 Å². The highest BCUT2D eigenvalue weighted by atomic mass is 79.9. The van der Waals surface area contributed by atoms with Crippen molar-refractivity contribution < 1.29 is 4.74 Å². The Kier molecular flexibility index (Phi) is 3.98. The first-order chi connectivity index (χ1) is 9.28. The average Bonchev–Trinajstić information content (AvgIpc) is 2.91. The molecule has 1 aromatic carbocycles. The maximum absolute atomic E-state index is 5.01. The van der Waals surface area contributed by atoms with E-state index in [1.807, 2.05) is 11.3 Å². The highest BCUT2D eigenvalue weighted by Gasteiger charge is 2.23. The van der Waals surface area contributed by atoms with Crippen molar-refractivity contribution in [3.63, 3.8) is 0 Å². The number of hydrogen-bond acceptors (Lipinski definition) is 4. The normalized spacial score (nSPS) is 12.5. The zero-order chi connectivity index (χ0) is 13.2. The van der Waals surface area contributed by atoms with Gasteiger partial charge in [-0.1, -0.05) is 22.0 Å². The molecule has 1 aromatic heterocycles. The molecule has 0 spiro atoms. The molecule has 19 heavy (non-hydrogen) atoms. The SMILES string of the molecule is COCCNCc1nc2c(s1)Cc1cc(Br)ccc1-2. The van der Waals surface area contributed by atoms with Gasteiger partial charge in [0.05, 0.1) is 12.3 Å². The predicted molar refractivity (Wildman–Crippen MR) is 81.6 cm³/mol. The van der Waals surface area contributed by atoms with Crippen molar-refractivity contribution in [2.24, 2.45) is 0 Å². The van der Waals surface area contributed by atoms with Gasteiger partial charge in [0.2, 0.25) is 0 Å². The number of methoxy groups -OCH3 is 1. The fraction of sp³-hybridized carbons (Fsp3) is 0.357. The fourth-order valence-electron chi connectivity index (χ4n) is 2.29. The molecule has 3 rings (SSSR count). The largest absolute Gasteiger partial charge is 0.383 e. The van der Waals surface area contributed by atoms with E-state index in [1.165, 1.54) is 21.7 Å². The van der Waals surface area contributed by atoms with Crippen LogP contribution in [0.3, 0.4) is 0 Å². The lowest BCUT2D eigenvalue weighted by atomic mass is 10.1. The lowest BCUT2D eigenvalue weighted by molar-refractivity contribution is 0.199. The number of hydrogen-bond donors (Lipinski definition) is 1.